The highest BCUT2D eigenvalue weighted by molar-refractivity contribution is 9.10. The van der Waals surface area contributed by atoms with Crippen molar-refractivity contribution in [2.45, 2.75) is 44.9 Å². The molecule has 0 unspecified atom stereocenters. The Hall–Kier alpha value is -1.90. The molecule has 0 saturated carbocycles. The molecule has 1 saturated heterocycles. The topological polar surface area (TPSA) is 76.7 Å². The molecule has 8 heteroatoms. The summed E-state index contributed by atoms with van der Waals surface area (Å²) in [4.78, 5) is 22.4. The van der Waals surface area contributed by atoms with Crippen LogP contribution in [0.4, 0.5) is 4.79 Å². The van der Waals surface area contributed by atoms with E-state index >= 15 is 0 Å². The van der Waals surface area contributed by atoms with E-state index in [0.29, 0.717) is 26.2 Å². The first-order valence-corrected chi connectivity index (χ1v) is 10.5. The number of likely N-dealkylation sites (tertiary alicyclic amines) is 1. The minimum atomic E-state index is -0.567. The van der Waals surface area contributed by atoms with Crippen LogP contribution in [0.15, 0.2) is 34.9 Å². The van der Waals surface area contributed by atoms with Gasteiger partial charge in [0.25, 0.3) is 0 Å². The number of carbonyl (C=O) groups is 1. The lowest BCUT2D eigenvalue weighted by molar-refractivity contribution is 0.00894. The first kappa shape index (κ1) is 21.8. The molecular weight excluding hydrogens is 438 g/mol. The maximum absolute atomic E-state index is 12.8. The van der Waals surface area contributed by atoms with Gasteiger partial charge in [0.2, 0.25) is 0 Å². The third kappa shape index (κ3) is 5.81. The largest absolute Gasteiger partial charge is 0.444 e. The van der Waals surface area contributed by atoms with Crippen molar-refractivity contribution in [3.63, 3.8) is 0 Å². The quantitative estimate of drug-likeness (QED) is 0.632. The van der Waals surface area contributed by atoms with Crippen molar-refractivity contribution >= 4 is 22.0 Å². The Morgan fingerprint density at radius 3 is 2.66 bits per heavy atom. The third-order valence-corrected chi connectivity index (χ3v) is 5.13. The molecular formula is C21H28BrN3O4. The lowest BCUT2D eigenvalue weighted by Gasteiger charge is -2.27. The first-order valence-electron chi connectivity index (χ1n) is 9.68. The maximum Gasteiger partial charge on any atom is 0.411 e. The summed E-state index contributed by atoms with van der Waals surface area (Å²) in [7, 11) is 1.64. The predicted octanol–water partition coefficient (Wildman–Crippen LogP) is 4.55. The maximum atomic E-state index is 12.8. The second kappa shape index (κ2) is 9.28. The van der Waals surface area contributed by atoms with Crippen LogP contribution in [0.3, 0.4) is 0 Å². The molecule has 0 radical (unpaired) electrons. The van der Waals surface area contributed by atoms with Crippen LogP contribution in [-0.2, 0) is 14.2 Å². The molecule has 2 aromatic rings. The zero-order valence-electron chi connectivity index (χ0n) is 17.3. The molecule has 0 spiro atoms. The Morgan fingerprint density at radius 2 is 2.00 bits per heavy atom. The first-order chi connectivity index (χ1) is 13.8. The molecule has 158 valence electrons. The number of benzene rings is 1. The van der Waals surface area contributed by atoms with Crippen molar-refractivity contribution in [2.75, 3.05) is 26.9 Å². The molecule has 1 aromatic heterocycles. The monoisotopic (exact) mass is 465 g/mol. The van der Waals surface area contributed by atoms with Gasteiger partial charge in [0, 0.05) is 18.0 Å². The molecule has 29 heavy (non-hydrogen) atoms. The van der Waals surface area contributed by atoms with E-state index in [1.54, 1.807) is 18.2 Å². The van der Waals surface area contributed by atoms with E-state index in [-0.39, 0.29) is 18.2 Å². The van der Waals surface area contributed by atoms with Crippen LogP contribution in [0, 0.1) is 0 Å². The number of hydrogen-bond acceptors (Lipinski definition) is 5. The molecule has 2 atom stereocenters. The lowest BCUT2D eigenvalue weighted by Crippen LogP contribution is -2.37. The number of amides is 1. The average molecular weight is 466 g/mol. The normalized spacial score (nSPS) is 19.6. The minimum Gasteiger partial charge on any atom is -0.444 e. The van der Waals surface area contributed by atoms with Gasteiger partial charge < -0.3 is 19.2 Å². The molecule has 1 aliphatic rings. The summed E-state index contributed by atoms with van der Waals surface area (Å²) >= 11 is 3.45. The van der Waals surface area contributed by atoms with Crippen LogP contribution in [0.25, 0.3) is 11.3 Å². The zero-order chi connectivity index (χ0) is 21.0. The third-order valence-electron chi connectivity index (χ3n) is 4.60. The van der Waals surface area contributed by atoms with Crippen molar-refractivity contribution in [3.8, 4) is 11.3 Å². The van der Waals surface area contributed by atoms with Gasteiger partial charge in [0.05, 0.1) is 43.8 Å². The fraction of sp³-hybridized carbons (Fsp3) is 0.524. The number of nitrogens with zero attached hydrogens (tertiary/aromatic N) is 2. The molecule has 1 aromatic carbocycles. The van der Waals surface area contributed by atoms with E-state index in [2.05, 4.69) is 25.9 Å². The van der Waals surface area contributed by atoms with Gasteiger partial charge in [-0.1, -0.05) is 28.1 Å². The van der Waals surface area contributed by atoms with Crippen molar-refractivity contribution in [1.82, 2.24) is 14.9 Å². The van der Waals surface area contributed by atoms with E-state index in [9.17, 15) is 4.79 Å². The standard InChI is InChI=1S/C21H28BrN3O4/c1-21(2,3)29-20(26)25-13-16(28-10-9-27-4)11-18(25)19-23-12-17(24-19)14-5-7-15(22)8-6-14/h5-8,12,16,18H,9-11,13H2,1-4H3,(H,23,24)/t16-,18-/m0/s1. The van der Waals surface area contributed by atoms with E-state index < -0.39 is 5.60 Å². The molecule has 2 heterocycles. The van der Waals surface area contributed by atoms with Crippen molar-refractivity contribution in [2.24, 2.45) is 0 Å². The molecule has 1 aliphatic heterocycles. The van der Waals surface area contributed by atoms with E-state index in [1.165, 1.54) is 0 Å². The number of nitrogens with one attached hydrogen (secondary N) is 1. The number of halogens is 1. The van der Waals surface area contributed by atoms with E-state index in [1.807, 2.05) is 45.0 Å². The molecule has 0 bridgehead atoms. The number of aromatic amines is 1. The summed E-state index contributed by atoms with van der Waals surface area (Å²) < 4.78 is 17.6. The smallest absolute Gasteiger partial charge is 0.411 e. The van der Waals surface area contributed by atoms with Gasteiger partial charge in [-0.25, -0.2) is 9.78 Å². The number of hydrogen-bond donors (Lipinski definition) is 1. The Kier molecular flexibility index (Phi) is 6.97. The van der Waals surface area contributed by atoms with Crippen LogP contribution in [0.2, 0.25) is 0 Å². The van der Waals surface area contributed by atoms with Gasteiger partial charge in [-0.2, -0.15) is 0 Å². The summed E-state index contributed by atoms with van der Waals surface area (Å²) in [6.45, 7) is 7.04. The van der Waals surface area contributed by atoms with Gasteiger partial charge in [0.15, 0.2) is 0 Å². The molecule has 0 aliphatic carbocycles. The van der Waals surface area contributed by atoms with Gasteiger partial charge >= 0.3 is 6.09 Å². The van der Waals surface area contributed by atoms with Crippen molar-refractivity contribution in [1.29, 1.82) is 0 Å². The Bertz CT molecular complexity index is 816. The number of carbonyl (C=O) groups excluding carboxylic acids is 1. The van der Waals surface area contributed by atoms with Gasteiger partial charge in [-0.05, 0) is 38.5 Å². The summed E-state index contributed by atoms with van der Waals surface area (Å²) in [6.07, 6.45) is 1.99. The van der Waals surface area contributed by atoms with Crippen LogP contribution in [-0.4, -0.2) is 59.5 Å². The Morgan fingerprint density at radius 1 is 1.28 bits per heavy atom. The molecule has 1 amide bonds. The highest BCUT2D eigenvalue weighted by Gasteiger charge is 2.40. The molecule has 7 nitrogen and oxygen atoms in total. The molecule has 1 N–H and O–H groups in total. The summed E-state index contributed by atoms with van der Waals surface area (Å²) in [5, 5.41) is 0. The van der Waals surface area contributed by atoms with E-state index in [4.69, 9.17) is 14.2 Å². The minimum absolute atomic E-state index is 0.0936. The molecule has 3 rings (SSSR count). The molecule has 1 fully saturated rings. The highest BCUT2D eigenvalue weighted by atomic mass is 79.9. The Balaban J connectivity index is 1.79. The lowest BCUT2D eigenvalue weighted by atomic mass is 10.1. The van der Waals surface area contributed by atoms with Gasteiger partial charge in [-0.15, -0.1) is 0 Å². The van der Waals surface area contributed by atoms with E-state index in [0.717, 1.165) is 21.6 Å². The van der Waals surface area contributed by atoms with Crippen molar-refractivity contribution in [3.05, 3.63) is 40.8 Å². The number of rotatable bonds is 6. The predicted molar refractivity (Wildman–Crippen MR) is 114 cm³/mol. The van der Waals surface area contributed by atoms with Crippen LogP contribution < -0.4 is 0 Å². The van der Waals surface area contributed by atoms with Gasteiger partial charge in [0.1, 0.15) is 11.4 Å². The SMILES string of the molecule is COCCO[C@H]1C[C@@H](c2ncc(-c3ccc(Br)cc3)[nH]2)N(C(=O)OC(C)(C)C)C1. The number of H-pyrrole nitrogens is 1. The second-order valence-corrected chi connectivity index (χ2v) is 8.97. The van der Waals surface area contributed by atoms with Crippen LogP contribution in [0.5, 0.6) is 0 Å². The zero-order valence-corrected chi connectivity index (χ0v) is 18.9. The Labute approximate surface area is 179 Å². The summed E-state index contributed by atoms with van der Waals surface area (Å²) in [5.41, 5.74) is 1.37. The number of methoxy groups -OCH3 is 1. The number of aromatic nitrogens is 2. The fourth-order valence-corrected chi connectivity index (χ4v) is 3.54. The fourth-order valence-electron chi connectivity index (χ4n) is 3.28. The second-order valence-electron chi connectivity index (χ2n) is 8.06. The highest BCUT2D eigenvalue weighted by Crippen LogP contribution is 2.34. The van der Waals surface area contributed by atoms with Crippen LogP contribution >= 0.6 is 15.9 Å². The van der Waals surface area contributed by atoms with Crippen molar-refractivity contribution < 1.29 is 19.0 Å². The number of imidazole rings is 1. The summed E-state index contributed by atoms with van der Waals surface area (Å²) in [5.74, 6) is 0.728. The van der Waals surface area contributed by atoms with Crippen LogP contribution in [0.1, 0.15) is 39.1 Å². The summed E-state index contributed by atoms with van der Waals surface area (Å²) in [6, 6.07) is 7.76. The van der Waals surface area contributed by atoms with Gasteiger partial charge in [-0.3, -0.25) is 4.90 Å². The number of ether oxygens (including phenoxy) is 3. The average Bonchev–Trinajstić information content (AvgIpc) is 3.28.